The normalized spacial score (nSPS) is 12.3. The predicted molar refractivity (Wildman–Crippen MR) is 104 cm³/mol. The summed E-state index contributed by atoms with van der Waals surface area (Å²) in [6.45, 7) is 2.18. The Labute approximate surface area is 156 Å². The minimum absolute atomic E-state index is 0.191. The second kappa shape index (κ2) is 14.0. The van der Waals surface area contributed by atoms with Crippen molar-refractivity contribution < 1.29 is 19.1 Å². The van der Waals surface area contributed by atoms with Gasteiger partial charge >= 0.3 is 5.97 Å². The summed E-state index contributed by atoms with van der Waals surface area (Å²) in [6.07, 6.45) is 14.4. The van der Waals surface area contributed by atoms with Crippen molar-refractivity contribution in [2.24, 2.45) is 0 Å². The van der Waals surface area contributed by atoms with Gasteiger partial charge in [-0.25, -0.2) is 0 Å². The first kappa shape index (κ1) is 21.8. The number of esters is 1. The lowest BCUT2D eigenvalue weighted by molar-refractivity contribution is -0.140. The first-order valence-electron chi connectivity index (χ1n) is 9.33. The first-order chi connectivity index (χ1) is 12.7. The molecule has 0 bridgehead atoms. The van der Waals surface area contributed by atoms with Crippen molar-refractivity contribution in [2.45, 2.75) is 64.4 Å². The van der Waals surface area contributed by atoms with Crippen molar-refractivity contribution in [3.63, 3.8) is 0 Å². The molecule has 1 N–H and O–H groups in total. The van der Waals surface area contributed by atoms with Gasteiger partial charge in [0, 0.05) is 12.8 Å². The molecule has 0 aromatic carbocycles. The highest BCUT2D eigenvalue weighted by Crippen LogP contribution is 2.10. The maximum absolute atomic E-state index is 11.0. The van der Waals surface area contributed by atoms with E-state index in [0.29, 0.717) is 24.4 Å². The highest BCUT2D eigenvalue weighted by molar-refractivity contribution is 5.69. The molecule has 4 heteroatoms. The molecule has 1 rings (SSSR count). The van der Waals surface area contributed by atoms with Gasteiger partial charge in [0.15, 0.2) is 5.76 Å². The van der Waals surface area contributed by atoms with Gasteiger partial charge in [-0.2, -0.15) is 0 Å². The third kappa shape index (κ3) is 10.6. The number of carbonyl (C=O) groups excluding carboxylic acids is 1. The van der Waals surface area contributed by atoms with Gasteiger partial charge in [0.05, 0.1) is 7.11 Å². The fourth-order valence-corrected chi connectivity index (χ4v) is 2.24. The maximum Gasteiger partial charge on any atom is 0.305 e. The molecule has 0 saturated heterocycles. The van der Waals surface area contributed by atoms with E-state index in [1.165, 1.54) is 26.4 Å². The lowest BCUT2D eigenvalue weighted by atomic mass is 10.1. The summed E-state index contributed by atoms with van der Waals surface area (Å²) in [5, 5.41) is 9.87. The van der Waals surface area contributed by atoms with Gasteiger partial charge in [0.1, 0.15) is 11.9 Å². The van der Waals surface area contributed by atoms with E-state index < -0.39 is 6.10 Å². The Kier molecular flexibility index (Phi) is 11.7. The summed E-state index contributed by atoms with van der Waals surface area (Å²) in [6, 6.07) is 3.62. The molecule has 1 aromatic rings. The van der Waals surface area contributed by atoms with Crippen LogP contribution in [-0.4, -0.2) is 24.3 Å². The summed E-state index contributed by atoms with van der Waals surface area (Å²) < 4.78 is 10.2. The molecular weight excluding hydrogens is 328 g/mol. The van der Waals surface area contributed by atoms with Gasteiger partial charge in [-0.3, -0.25) is 4.79 Å². The number of aliphatic hydroxyl groups is 1. The van der Waals surface area contributed by atoms with E-state index >= 15 is 0 Å². The first-order valence-corrected chi connectivity index (χ1v) is 9.33. The molecular formula is C22H30O4. The highest BCUT2D eigenvalue weighted by Gasteiger charge is 1.99. The Balaban J connectivity index is 2.32. The average Bonchev–Trinajstić information content (AvgIpc) is 3.10. The van der Waals surface area contributed by atoms with E-state index in [0.717, 1.165) is 19.3 Å². The van der Waals surface area contributed by atoms with Gasteiger partial charge < -0.3 is 14.3 Å². The van der Waals surface area contributed by atoms with Crippen LogP contribution in [0.25, 0.3) is 6.08 Å². The van der Waals surface area contributed by atoms with E-state index in [4.69, 9.17) is 4.42 Å². The molecule has 4 nitrogen and oxygen atoms in total. The number of carbonyl (C=O) groups is 1. The van der Waals surface area contributed by atoms with E-state index in [1.54, 1.807) is 6.07 Å². The molecule has 1 heterocycles. The van der Waals surface area contributed by atoms with Crippen LogP contribution in [0.15, 0.2) is 34.8 Å². The Hall–Kier alpha value is -2.25. The monoisotopic (exact) mass is 358 g/mol. The molecule has 0 radical (unpaired) electrons. The van der Waals surface area contributed by atoms with Crippen molar-refractivity contribution in [3.8, 4) is 11.8 Å². The van der Waals surface area contributed by atoms with E-state index in [9.17, 15) is 9.90 Å². The molecule has 1 atom stereocenters. The topological polar surface area (TPSA) is 59.7 Å². The Morgan fingerprint density at radius 1 is 1.23 bits per heavy atom. The van der Waals surface area contributed by atoms with Gasteiger partial charge in [0.25, 0.3) is 0 Å². The van der Waals surface area contributed by atoms with Crippen LogP contribution in [0.4, 0.5) is 0 Å². The third-order valence-electron chi connectivity index (χ3n) is 3.75. The van der Waals surface area contributed by atoms with Gasteiger partial charge in [0.2, 0.25) is 0 Å². The number of hydrogen-bond donors (Lipinski definition) is 1. The summed E-state index contributed by atoms with van der Waals surface area (Å²) in [5.74, 6) is 6.70. The van der Waals surface area contributed by atoms with Crippen LogP contribution in [0, 0.1) is 11.8 Å². The smallest absolute Gasteiger partial charge is 0.305 e. The van der Waals surface area contributed by atoms with E-state index in [-0.39, 0.29) is 5.97 Å². The van der Waals surface area contributed by atoms with Crippen molar-refractivity contribution in [1.29, 1.82) is 0 Å². The number of ether oxygens (including phenoxy) is 1. The average molecular weight is 358 g/mol. The highest BCUT2D eigenvalue weighted by atomic mass is 16.5. The Bertz CT molecular complexity index is 628. The zero-order valence-corrected chi connectivity index (χ0v) is 15.9. The number of rotatable bonds is 11. The second-order valence-electron chi connectivity index (χ2n) is 6.06. The van der Waals surface area contributed by atoms with Gasteiger partial charge in [-0.1, -0.05) is 43.9 Å². The summed E-state index contributed by atoms with van der Waals surface area (Å²) in [5.41, 5.74) is 0. The largest absolute Gasteiger partial charge is 0.469 e. The van der Waals surface area contributed by atoms with Crippen molar-refractivity contribution >= 4 is 12.0 Å². The summed E-state index contributed by atoms with van der Waals surface area (Å²) in [4.78, 5) is 11.0. The molecule has 0 saturated carbocycles. The SMILES string of the molecule is CCCCC/C=C\CC(O)C#Cc1ccc(C=CCCCC(=O)OC)o1. The van der Waals surface area contributed by atoms with Crippen LogP contribution < -0.4 is 0 Å². The third-order valence-corrected chi connectivity index (χ3v) is 3.75. The summed E-state index contributed by atoms with van der Waals surface area (Å²) >= 11 is 0. The van der Waals surface area contributed by atoms with Crippen LogP contribution in [0.2, 0.25) is 0 Å². The minimum Gasteiger partial charge on any atom is -0.469 e. The minimum atomic E-state index is -0.681. The molecule has 142 valence electrons. The number of hydrogen-bond acceptors (Lipinski definition) is 4. The number of aliphatic hydroxyl groups excluding tert-OH is 1. The molecule has 26 heavy (non-hydrogen) atoms. The van der Waals surface area contributed by atoms with Crippen molar-refractivity contribution in [2.75, 3.05) is 7.11 Å². The van der Waals surface area contributed by atoms with Crippen LogP contribution in [-0.2, 0) is 9.53 Å². The van der Waals surface area contributed by atoms with Crippen LogP contribution in [0.1, 0.15) is 69.8 Å². The second-order valence-corrected chi connectivity index (χ2v) is 6.06. The maximum atomic E-state index is 11.0. The van der Waals surface area contributed by atoms with Crippen molar-refractivity contribution in [3.05, 3.63) is 41.9 Å². The van der Waals surface area contributed by atoms with Gasteiger partial charge in [-0.05, 0) is 49.8 Å². The number of furan rings is 1. The lowest BCUT2D eigenvalue weighted by Crippen LogP contribution is -1.99. The number of unbranched alkanes of at least 4 members (excludes halogenated alkanes) is 4. The molecule has 1 unspecified atom stereocenters. The Morgan fingerprint density at radius 3 is 2.81 bits per heavy atom. The van der Waals surface area contributed by atoms with Crippen LogP contribution >= 0.6 is 0 Å². The quantitative estimate of drug-likeness (QED) is 0.265. The number of allylic oxidation sites excluding steroid dienone is 2. The van der Waals surface area contributed by atoms with Crippen molar-refractivity contribution in [1.82, 2.24) is 0 Å². The number of methoxy groups -OCH3 is 1. The van der Waals surface area contributed by atoms with E-state index in [2.05, 4.69) is 29.6 Å². The zero-order valence-electron chi connectivity index (χ0n) is 15.9. The molecule has 0 aliphatic carbocycles. The Morgan fingerprint density at radius 2 is 2.04 bits per heavy atom. The molecule has 0 spiro atoms. The van der Waals surface area contributed by atoms with Gasteiger partial charge in [-0.15, -0.1) is 0 Å². The summed E-state index contributed by atoms with van der Waals surface area (Å²) in [7, 11) is 1.39. The zero-order chi connectivity index (χ0) is 19.0. The molecule has 0 amide bonds. The molecule has 0 aliphatic heterocycles. The molecule has 1 aromatic heterocycles. The standard InChI is InChI=1S/C22H30O4/c1-3-4-5-6-7-9-12-19(23)15-16-21-18-17-20(26-21)13-10-8-11-14-22(24)25-2/h7,9-10,13,17-19,23H,3-6,8,11-12,14H2,1-2H3/b9-7-,13-10?. The predicted octanol–water partition coefficient (Wildman–Crippen LogP) is 4.88. The molecule has 0 aliphatic rings. The lowest BCUT2D eigenvalue weighted by Gasteiger charge is -1.97. The fourth-order valence-electron chi connectivity index (χ4n) is 2.24. The van der Waals surface area contributed by atoms with Crippen LogP contribution in [0.5, 0.6) is 0 Å². The molecule has 0 fully saturated rings. The fraction of sp³-hybridized carbons (Fsp3) is 0.500. The van der Waals surface area contributed by atoms with E-state index in [1.807, 2.05) is 24.3 Å². The van der Waals surface area contributed by atoms with Crippen LogP contribution in [0.3, 0.4) is 0 Å².